The molecule has 0 radical (unpaired) electrons. The largest absolute Gasteiger partial charge is 0.573 e. The van der Waals surface area contributed by atoms with Crippen molar-refractivity contribution in [2.24, 2.45) is 0 Å². The van der Waals surface area contributed by atoms with Crippen molar-refractivity contribution >= 4 is 0 Å². The van der Waals surface area contributed by atoms with Crippen molar-refractivity contribution in [1.29, 1.82) is 0 Å². The zero-order valence-corrected chi connectivity index (χ0v) is 22.4. The van der Waals surface area contributed by atoms with Gasteiger partial charge in [0.05, 0.1) is 5.56 Å². The molecule has 3 atom stereocenters. The third-order valence-corrected chi connectivity index (χ3v) is 6.93. The van der Waals surface area contributed by atoms with Crippen LogP contribution in [0.5, 0.6) is 5.75 Å². The van der Waals surface area contributed by atoms with Crippen LogP contribution in [0.3, 0.4) is 0 Å². The molecule has 0 aromatic heterocycles. The first kappa shape index (κ1) is 31.0. The fourth-order valence-corrected chi connectivity index (χ4v) is 4.75. The van der Waals surface area contributed by atoms with Gasteiger partial charge in [-0.2, -0.15) is 0 Å². The summed E-state index contributed by atoms with van der Waals surface area (Å²) in [5, 5.41) is 0. The number of rotatable bonds is 9. The van der Waals surface area contributed by atoms with Crippen LogP contribution in [0.1, 0.15) is 61.6 Å². The third kappa shape index (κ3) is 6.91. The molecule has 0 aliphatic rings. The van der Waals surface area contributed by atoms with Gasteiger partial charge in [0.15, 0.2) is 23.9 Å². The molecule has 4 rings (SSSR count). The van der Waals surface area contributed by atoms with Gasteiger partial charge in [-0.05, 0) is 70.5 Å². The number of halogens is 9. The number of hydrogen-bond acceptors (Lipinski definition) is 1. The van der Waals surface area contributed by atoms with E-state index in [2.05, 4.69) is 18.6 Å². The maximum atomic E-state index is 15.1. The SMILES string of the molecule is CCCC(C)c1ccc(-c2ccc(-c3cc(F)c(C(F)C(F)c4ccc(OC(F)(F)F)c(F)c4)c(F)c3)c(F)c2)cc1. The lowest BCUT2D eigenvalue weighted by Gasteiger charge is -2.18. The standard InChI is InChI=1S/C32H25F9O/c1-3-4-17(2)18-5-7-19(8-6-18)20-9-11-23(24(33)13-20)22-15-26(35)29(27(36)16-22)31(38)30(37)21-10-12-28(25(34)14-21)42-32(39,40)41/h5-17,30-31H,3-4H2,1-2H3. The van der Waals surface area contributed by atoms with Crippen LogP contribution >= 0.6 is 0 Å². The summed E-state index contributed by atoms with van der Waals surface area (Å²) in [7, 11) is 0. The van der Waals surface area contributed by atoms with E-state index in [4.69, 9.17) is 0 Å². The normalized spacial score (nSPS) is 14.0. The van der Waals surface area contributed by atoms with E-state index in [0.717, 1.165) is 24.0 Å². The Kier molecular flexibility index (Phi) is 9.23. The first-order valence-electron chi connectivity index (χ1n) is 13.0. The van der Waals surface area contributed by atoms with E-state index in [1.54, 1.807) is 6.07 Å². The van der Waals surface area contributed by atoms with Crippen LogP contribution in [0.2, 0.25) is 0 Å². The molecule has 0 N–H and O–H groups in total. The summed E-state index contributed by atoms with van der Waals surface area (Å²) >= 11 is 0. The molecule has 4 aromatic rings. The quantitative estimate of drug-likeness (QED) is 0.175. The third-order valence-electron chi connectivity index (χ3n) is 6.93. The van der Waals surface area contributed by atoms with Gasteiger partial charge in [0, 0.05) is 5.56 Å². The fraction of sp³-hybridized carbons (Fsp3) is 0.250. The van der Waals surface area contributed by atoms with Crippen LogP contribution in [0.4, 0.5) is 39.5 Å². The van der Waals surface area contributed by atoms with Crippen LogP contribution in [0.15, 0.2) is 72.8 Å². The molecular formula is C32H25F9O. The molecule has 0 amide bonds. The van der Waals surface area contributed by atoms with Crippen molar-refractivity contribution in [1.82, 2.24) is 0 Å². The highest BCUT2D eigenvalue weighted by Crippen LogP contribution is 2.41. The molecule has 222 valence electrons. The van der Waals surface area contributed by atoms with Crippen LogP contribution in [0.25, 0.3) is 22.3 Å². The molecule has 0 saturated carbocycles. The Bertz CT molecular complexity index is 1520. The van der Waals surface area contributed by atoms with E-state index in [-0.39, 0.29) is 17.2 Å². The summed E-state index contributed by atoms with van der Waals surface area (Å²) in [6, 6.07) is 14.2. The van der Waals surface area contributed by atoms with E-state index in [1.807, 2.05) is 24.3 Å². The van der Waals surface area contributed by atoms with Gasteiger partial charge in [-0.3, -0.25) is 0 Å². The first-order valence-corrected chi connectivity index (χ1v) is 13.0. The minimum atomic E-state index is -5.23. The number of ether oxygens (including phenoxy) is 1. The second kappa shape index (κ2) is 12.5. The summed E-state index contributed by atoms with van der Waals surface area (Å²) in [5.74, 6) is -6.44. The molecule has 1 nitrogen and oxygen atoms in total. The van der Waals surface area contributed by atoms with E-state index in [0.29, 0.717) is 35.7 Å². The lowest BCUT2D eigenvalue weighted by atomic mass is 9.93. The van der Waals surface area contributed by atoms with Gasteiger partial charge in [0.1, 0.15) is 17.5 Å². The molecule has 0 bridgehead atoms. The van der Waals surface area contributed by atoms with Crippen LogP contribution in [-0.2, 0) is 0 Å². The Balaban J connectivity index is 1.57. The number of benzene rings is 4. The van der Waals surface area contributed by atoms with Crippen molar-refractivity contribution in [3.8, 4) is 28.0 Å². The topological polar surface area (TPSA) is 9.23 Å². The molecule has 0 spiro atoms. The van der Waals surface area contributed by atoms with Crippen molar-refractivity contribution in [3.05, 3.63) is 113 Å². The fourth-order valence-electron chi connectivity index (χ4n) is 4.75. The van der Waals surface area contributed by atoms with Crippen molar-refractivity contribution in [2.75, 3.05) is 0 Å². The first-order chi connectivity index (χ1) is 19.8. The minimum absolute atomic E-state index is 0.189. The van der Waals surface area contributed by atoms with Crippen molar-refractivity contribution < 1.29 is 44.3 Å². The van der Waals surface area contributed by atoms with Gasteiger partial charge < -0.3 is 4.74 Å². The van der Waals surface area contributed by atoms with Crippen molar-refractivity contribution in [3.63, 3.8) is 0 Å². The average Bonchev–Trinajstić information content (AvgIpc) is 2.92. The predicted octanol–water partition coefficient (Wildman–Crippen LogP) is 11.1. The highest BCUT2D eigenvalue weighted by Gasteiger charge is 2.34. The Hall–Kier alpha value is -3.95. The summed E-state index contributed by atoms with van der Waals surface area (Å²) < 4.78 is 129. The van der Waals surface area contributed by atoms with E-state index >= 15 is 4.39 Å². The minimum Gasteiger partial charge on any atom is -0.403 e. The van der Waals surface area contributed by atoms with Gasteiger partial charge in [0.2, 0.25) is 0 Å². The smallest absolute Gasteiger partial charge is 0.403 e. The monoisotopic (exact) mass is 596 g/mol. The zero-order valence-electron chi connectivity index (χ0n) is 22.4. The van der Waals surface area contributed by atoms with Gasteiger partial charge >= 0.3 is 6.36 Å². The zero-order chi connectivity index (χ0) is 30.8. The van der Waals surface area contributed by atoms with Crippen LogP contribution in [-0.4, -0.2) is 6.36 Å². The average molecular weight is 597 g/mol. The molecule has 3 unspecified atom stereocenters. The summed E-state index contributed by atoms with van der Waals surface area (Å²) in [4.78, 5) is 0. The molecule has 0 fully saturated rings. The molecule has 0 aliphatic heterocycles. The van der Waals surface area contributed by atoms with Crippen molar-refractivity contribution in [2.45, 2.75) is 51.3 Å². The Labute approximate surface area is 236 Å². The van der Waals surface area contributed by atoms with Gasteiger partial charge in [-0.1, -0.05) is 62.7 Å². The summed E-state index contributed by atoms with van der Waals surface area (Å²) in [6.07, 6.45) is -9.01. The van der Waals surface area contributed by atoms with E-state index < -0.39 is 58.9 Å². The maximum Gasteiger partial charge on any atom is 0.573 e. The second-order valence-corrected chi connectivity index (χ2v) is 9.90. The van der Waals surface area contributed by atoms with Crippen LogP contribution < -0.4 is 4.74 Å². The van der Waals surface area contributed by atoms with Gasteiger partial charge in [-0.15, -0.1) is 13.2 Å². The second-order valence-electron chi connectivity index (χ2n) is 9.90. The van der Waals surface area contributed by atoms with E-state index in [9.17, 15) is 35.1 Å². The molecule has 42 heavy (non-hydrogen) atoms. The Morgan fingerprint density at radius 2 is 1.21 bits per heavy atom. The molecule has 4 aromatic carbocycles. The Morgan fingerprint density at radius 3 is 1.76 bits per heavy atom. The summed E-state index contributed by atoms with van der Waals surface area (Å²) in [5.41, 5.74) is -0.225. The molecule has 0 saturated heterocycles. The highest BCUT2D eigenvalue weighted by molar-refractivity contribution is 5.71. The van der Waals surface area contributed by atoms with Gasteiger partial charge in [0.25, 0.3) is 0 Å². The highest BCUT2D eigenvalue weighted by atomic mass is 19.4. The van der Waals surface area contributed by atoms with E-state index in [1.165, 1.54) is 12.1 Å². The Morgan fingerprint density at radius 1 is 0.643 bits per heavy atom. The lowest BCUT2D eigenvalue weighted by molar-refractivity contribution is -0.275. The molecular weight excluding hydrogens is 571 g/mol. The predicted molar refractivity (Wildman–Crippen MR) is 141 cm³/mol. The van der Waals surface area contributed by atoms with Crippen LogP contribution in [0, 0.1) is 23.3 Å². The number of alkyl halides is 5. The molecule has 0 heterocycles. The molecule has 10 heteroatoms. The number of hydrogen-bond donors (Lipinski definition) is 0. The molecule has 0 aliphatic carbocycles. The van der Waals surface area contributed by atoms with Gasteiger partial charge in [-0.25, -0.2) is 26.3 Å². The summed E-state index contributed by atoms with van der Waals surface area (Å²) in [6.45, 7) is 4.21. The maximum absolute atomic E-state index is 15.1. The lowest BCUT2D eigenvalue weighted by Crippen LogP contribution is -2.18.